The van der Waals surface area contributed by atoms with Crippen molar-refractivity contribution in [3.63, 3.8) is 0 Å². The highest BCUT2D eigenvalue weighted by molar-refractivity contribution is 8.05. The Balaban J connectivity index is 1.45. The van der Waals surface area contributed by atoms with E-state index in [0.717, 1.165) is 44.5 Å². The van der Waals surface area contributed by atoms with Gasteiger partial charge in [0.25, 0.3) is 0 Å². The van der Waals surface area contributed by atoms with Crippen LogP contribution in [0, 0.1) is 11.7 Å². The fourth-order valence-electron chi connectivity index (χ4n) is 4.02. The molecule has 0 aromatic heterocycles. The van der Waals surface area contributed by atoms with Crippen LogP contribution in [0.2, 0.25) is 0 Å². The average Bonchev–Trinajstić information content (AvgIpc) is 2.74. The van der Waals surface area contributed by atoms with Gasteiger partial charge in [-0.2, -0.15) is 0 Å². The molecule has 3 aliphatic heterocycles. The average molecular weight is 361 g/mol. The van der Waals surface area contributed by atoms with Crippen molar-refractivity contribution in [2.45, 2.75) is 37.7 Å². The molecule has 1 spiro atoms. The van der Waals surface area contributed by atoms with E-state index in [9.17, 15) is 4.39 Å². The summed E-state index contributed by atoms with van der Waals surface area (Å²) in [4.78, 5) is 3.78. The molecule has 2 unspecified atom stereocenters. The summed E-state index contributed by atoms with van der Waals surface area (Å²) in [6.45, 7) is 2.82. The van der Waals surface area contributed by atoms with Gasteiger partial charge in [0.15, 0.2) is 6.29 Å². The second-order valence-corrected chi connectivity index (χ2v) is 8.09. The zero-order valence-corrected chi connectivity index (χ0v) is 15.3. The number of thioether (sulfide) groups is 1. The monoisotopic (exact) mass is 361 g/mol. The van der Waals surface area contributed by atoms with Gasteiger partial charge in [0.1, 0.15) is 5.82 Å². The second kappa shape index (κ2) is 7.23. The summed E-state index contributed by atoms with van der Waals surface area (Å²) in [5.74, 6) is 0.153. The van der Waals surface area contributed by atoms with Crippen LogP contribution < -0.4 is 0 Å². The molecule has 134 valence electrons. The Labute approximate surface area is 152 Å². The van der Waals surface area contributed by atoms with Gasteiger partial charge in [-0.25, -0.2) is 4.39 Å². The molecule has 0 saturated carbocycles. The molecule has 1 saturated heterocycles. The lowest BCUT2D eigenvalue weighted by atomic mass is 9.79. The lowest BCUT2D eigenvalue weighted by molar-refractivity contribution is -0.217. The number of rotatable bonds is 3. The van der Waals surface area contributed by atoms with Gasteiger partial charge in [0.2, 0.25) is 0 Å². The molecule has 4 rings (SSSR count). The van der Waals surface area contributed by atoms with Crippen LogP contribution in [-0.2, 0) is 16.0 Å². The van der Waals surface area contributed by atoms with Gasteiger partial charge in [-0.3, -0.25) is 4.90 Å². The van der Waals surface area contributed by atoms with E-state index in [-0.39, 0.29) is 17.7 Å². The van der Waals surface area contributed by atoms with Gasteiger partial charge >= 0.3 is 0 Å². The van der Waals surface area contributed by atoms with Crippen molar-refractivity contribution < 1.29 is 13.9 Å². The molecule has 1 aromatic carbocycles. The van der Waals surface area contributed by atoms with Crippen molar-refractivity contribution in [1.82, 2.24) is 4.90 Å². The number of ether oxygens (including phenoxy) is 2. The summed E-state index contributed by atoms with van der Waals surface area (Å²) >= 11 is 1.78. The van der Waals surface area contributed by atoms with Crippen molar-refractivity contribution in [1.29, 1.82) is 0 Å². The Bertz CT molecular complexity index is 665. The van der Waals surface area contributed by atoms with E-state index in [1.807, 2.05) is 12.1 Å². The molecule has 3 heterocycles. The number of likely N-dealkylation sites (tertiary alicyclic amines) is 1. The lowest BCUT2D eigenvalue weighted by Gasteiger charge is -2.45. The maximum absolute atomic E-state index is 13.1. The number of halogens is 1. The number of benzene rings is 1. The number of nitrogens with zero attached hydrogens (tertiary/aromatic N) is 1. The SMILES string of the molecule is COC1CC2=CC(C=CS2)C2(CCN(Cc3ccc(F)cc3)CC2)O1. The van der Waals surface area contributed by atoms with Crippen molar-refractivity contribution in [2.24, 2.45) is 5.92 Å². The van der Waals surface area contributed by atoms with Crippen molar-refractivity contribution >= 4 is 11.8 Å². The Morgan fingerprint density at radius 2 is 2.04 bits per heavy atom. The summed E-state index contributed by atoms with van der Waals surface area (Å²) < 4.78 is 25.2. The maximum atomic E-state index is 13.1. The molecule has 2 atom stereocenters. The molecule has 0 amide bonds. The van der Waals surface area contributed by atoms with Crippen LogP contribution in [0.1, 0.15) is 24.8 Å². The third kappa shape index (κ3) is 3.70. The Kier molecular flexibility index (Phi) is 5.00. The van der Waals surface area contributed by atoms with Gasteiger partial charge in [-0.05, 0) is 40.9 Å². The van der Waals surface area contributed by atoms with E-state index in [4.69, 9.17) is 9.47 Å². The fraction of sp³-hybridized carbons (Fsp3) is 0.500. The Morgan fingerprint density at radius 1 is 1.28 bits per heavy atom. The molecule has 0 radical (unpaired) electrons. The molecular weight excluding hydrogens is 337 g/mol. The van der Waals surface area contributed by atoms with Gasteiger partial charge in [-0.1, -0.05) is 24.3 Å². The Hall–Kier alpha value is -1.14. The van der Waals surface area contributed by atoms with E-state index >= 15 is 0 Å². The quantitative estimate of drug-likeness (QED) is 0.799. The molecular formula is C20H24FNO2S. The first-order valence-electron chi connectivity index (χ1n) is 8.88. The minimum Gasteiger partial charge on any atom is -0.355 e. The maximum Gasteiger partial charge on any atom is 0.162 e. The minimum absolute atomic E-state index is 0.160. The number of methoxy groups -OCH3 is 1. The highest BCUT2D eigenvalue weighted by Gasteiger charge is 2.45. The van der Waals surface area contributed by atoms with E-state index in [1.54, 1.807) is 18.9 Å². The highest BCUT2D eigenvalue weighted by atomic mass is 32.2. The second-order valence-electron chi connectivity index (χ2n) is 7.06. The van der Waals surface area contributed by atoms with E-state index < -0.39 is 0 Å². The number of hydrogen-bond donors (Lipinski definition) is 0. The first-order valence-corrected chi connectivity index (χ1v) is 9.76. The first kappa shape index (κ1) is 17.3. The van der Waals surface area contributed by atoms with Crippen LogP contribution in [0.4, 0.5) is 4.39 Å². The zero-order chi connectivity index (χ0) is 17.3. The molecule has 2 bridgehead atoms. The van der Waals surface area contributed by atoms with Crippen LogP contribution in [-0.4, -0.2) is 37.0 Å². The van der Waals surface area contributed by atoms with Crippen molar-refractivity contribution in [3.8, 4) is 0 Å². The molecule has 1 aromatic rings. The van der Waals surface area contributed by atoms with Crippen LogP contribution in [0.15, 0.2) is 46.7 Å². The lowest BCUT2D eigenvalue weighted by Crippen LogP contribution is -2.50. The normalized spacial score (nSPS) is 28.6. The zero-order valence-electron chi connectivity index (χ0n) is 14.5. The predicted octanol–water partition coefficient (Wildman–Crippen LogP) is 4.31. The van der Waals surface area contributed by atoms with Gasteiger partial charge < -0.3 is 9.47 Å². The molecule has 25 heavy (non-hydrogen) atoms. The summed E-state index contributed by atoms with van der Waals surface area (Å²) in [6, 6.07) is 6.82. The van der Waals surface area contributed by atoms with E-state index in [2.05, 4.69) is 22.5 Å². The highest BCUT2D eigenvalue weighted by Crippen LogP contribution is 2.45. The van der Waals surface area contributed by atoms with Crippen molar-refractivity contribution in [3.05, 3.63) is 58.1 Å². The Morgan fingerprint density at radius 3 is 2.76 bits per heavy atom. The van der Waals surface area contributed by atoms with Gasteiger partial charge in [0, 0.05) is 39.1 Å². The minimum atomic E-state index is -0.177. The molecule has 0 N–H and O–H groups in total. The van der Waals surface area contributed by atoms with E-state index in [0.29, 0.717) is 5.92 Å². The summed E-state index contributed by atoms with van der Waals surface area (Å²) in [6.07, 6.45) is 7.30. The molecule has 3 nitrogen and oxygen atoms in total. The van der Waals surface area contributed by atoms with Crippen LogP contribution in [0.3, 0.4) is 0 Å². The number of fused-ring (bicyclic) bond motifs is 2. The molecule has 1 fully saturated rings. The summed E-state index contributed by atoms with van der Waals surface area (Å²) in [5, 5.41) is 2.20. The van der Waals surface area contributed by atoms with Crippen LogP contribution in [0.5, 0.6) is 0 Å². The van der Waals surface area contributed by atoms with Gasteiger partial charge in [0.05, 0.1) is 5.60 Å². The predicted molar refractivity (Wildman–Crippen MR) is 98.4 cm³/mol. The standard InChI is InChI=1S/C20H24FNO2S/c1-23-19-13-18-12-16(6-11-25-18)20(24-19)7-9-22(10-8-20)14-15-2-4-17(21)5-3-15/h2-6,11-12,16,19H,7-10,13-14H2,1H3. The largest absolute Gasteiger partial charge is 0.355 e. The third-order valence-corrected chi connectivity index (χ3v) is 6.40. The van der Waals surface area contributed by atoms with Crippen LogP contribution in [0.25, 0.3) is 0 Å². The van der Waals surface area contributed by atoms with Crippen LogP contribution >= 0.6 is 11.8 Å². The summed E-state index contributed by atoms with van der Waals surface area (Å²) in [7, 11) is 1.73. The number of piperidine rings is 1. The molecule has 5 heteroatoms. The topological polar surface area (TPSA) is 21.7 Å². The first-order chi connectivity index (χ1) is 12.2. The van der Waals surface area contributed by atoms with E-state index in [1.165, 1.54) is 17.0 Å². The smallest absolute Gasteiger partial charge is 0.162 e. The molecule has 0 aliphatic carbocycles. The molecule has 3 aliphatic rings. The van der Waals surface area contributed by atoms with Crippen molar-refractivity contribution in [2.75, 3.05) is 20.2 Å². The fourth-order valence-corrected chi connectivity index (χ4v) is 4.90. The number of hydrogen-bond acceptors (Lipinski definition) is 4. The third-order valence-electron chi connectivity index (χ3n) is 5.50. The van der Waals surface area contributed by atoms with Gasteiger partial charge in [-0.15, -0.1) is 11.8 Å². The summed E-state index contributed by atoms with van der Waals surface area (Å²) in [5.41, 5.74) is 0.990.